The normalized spacial score (nSPS) is 58.3. The summed E-state index contributed by atoms with van der Waals surface area (Å²) in [6.07, 6.45) is 8.45. The molecule has 28 heavy (non-hydrogen) atoms. The van der Waals surface area contributed by atoms with E-state index in [1.807, 2.05) is 0 Å². The lowest BCUT2D eigenvalue weighted by Gasteiger charge is -2.67. The van der Waals surface area contributed by atoms with Crippen LogP contribution in [0.2, 0.25) is 0 Å². The highest BCUT2D eigenvalue weighted by Gasteiger charge is 2.79. The topological polar surface area (TPSA) is 66.5 Å². The summed E-state index contributed by atoms with van der Waals surface area (Å²) in [5, 5.41) is 0. The third-order valence-electron chi connectivity index (χ3n) is 9.20. The molecule has 2 bridgehead atoms. The number of fused-ring (bicyclic) bond motifs is 2. The second-order valence-electron chi connectivity index (χ2n) is 10.2. The minimum Gasteiger partial charge on any atom is -0.472 e. The zero-order chi connectivity index (χ0) is 19.3. The van der Waals surface area contributed by atoms with E-state index in [1.54, 1.807) is 6.26 Å². The van der Waals surface area contributed by atoms with Crippen molar-refractivity contribution in [3.05, 3.63) is 12.3 Å². The van der Waals surface area contributed by atoms with E-state index in [4.69, 9.17) is 23.7 Å². The molecule has 0 aromatic rings. The number of hydrogen-bond acceptors (Lipinski definition) is 6. The summed E-state index contributed by atoms with van der Waals surface area (Å²) in [5.74, 6) is 0.936. The Balaban J connectivity index is 1.42. The number of carbonyl (C=O) groups is 1. The third kappa shape index (κ3) is 2.02. The van der Waals surface area contributed by atoms with E-state index in [-0.39, 0.29) is 40.9 Å². The molecule has 7 aliphatic rings. The molecule has 154 valence electrons. The van der Waals surface area contributed by atoms with Gasteiger partial charge in [0.1, 0.15) is 5.60 Å². The van der Waals surface area contributed by atoms with Crippen LogP contribution in [0.3, 0.4) is 0 Å². The molecule has 2 saturated carbocycles. The van der Waals surface area contributed by atoms with Crippen LogP contribution in [0.25, 0.3) is 0 Å². The fourth-order valence-corrected chi connectivity index (χ4v) is 7.55. The van der Waals surface area contributed by atoms with Gasteiger partial charge in [-0.2, -0.15) is 0 Å². The summed E-state index contributed by atoms with van der Waals surface area (Å²) in [6.45, 7) is 7.01. The Morgan fingerprint density at radius 1 is 1.25 bits per heavy atom. The molecule has 5 heterocycles. The van der Waals surface area contributed by atoms with Crippen molar-refractivity contribution >= 4 is 5.97 Å². The van der Waals surface area contributed by atoms with Crippen LogP contribution < -0.4 is 0 Å². The number of esters is 1. The molecule has 4 saturated heterocycles. The molecule has 10 atom stereocenters. The molecule has 6 heteroatoms. The van der Waals surface area contributed by atoms with Gasteiger partial charge in [-0.05, 0) is 43.6 Å². The third-order valence-corrected chi connectivity index (χ3v) is 9.20. The van der Waals surface area contributed by atoms with Gasteiger partial charge in [0, 0.05) is 24.7 Å². The predicted octanol–water partition coefficient (Wildman–Crippen LogP) is 3.15. The van der Waals surface area contributed by atoms with Gasteiger partial charge in [-0.3, -0.25) is 4.79 Å². The Kier molecular flexibility index (Phi) is 3.50. The van der Waals surface area contributed by atoms with Crippen molar-refractivity contribution in [1.82, 2.24) is 0 Å². The van der Waals surface area contributed by atoms with Gasteiger partial charge in [0.15, 0.2) is 0 Å². The number of epoxide rings is 1. The molecule has 7 rings (SSSR count). The van der Waals surface area contributed by atoms with Crippen LogP contribution in [-0.2, 0) is 28.5 Å². The van der Waals surface area contributed by atoms with Crippen LogP contribution in [0.5, 0.6) is 0 Å². The van der Waals surface area contributed by atoms with E-state index in [9.17, 15) is 4.79 Å². The smallest absolute Gasteiger partial charge is 0.304 e. The summed E-state index contributed by atoms with van der Waals surface area (Å²) in [4.78, 5) is 11.9. The largest absolute Gasteiger partial charge is 0.472 e. The van der Waals surface area contributed by atoms with E-state index >= 15 is 0 Å². The molecule has 0 aromatic carbocycles. The fraction of sp³-hybridized carbons (Fsp3) is 0.864. The molecule has 6 fully saturated rings. The van der Waals surface area contributed by atoms with Crippen LogP contribution in [0.1, 0.15) is 52.9 Å². The first-order valence-electron chi connectivity index (χ1n) is 10.8. The quantitative estimate of drug-likeness (QED) is 0.533. The standard InChI is InChI=1S/C22H30O6/c1-12-4-6-22-16(20(12,3)17-8-14-5-7-24-18(14)28-17)9-15(10-21(22)11-25-21)27-19(22)26-13(2)23/h5,7,12,14-19H,4,6,8-11H2,1-3H3/t12-,14-,15+,16-,17+,18+,19?,20+,21+,22-/m1/s1. The van der Waals surface area contributed by atoms with Gasteiger partial charge in [0.2, 0.25) is 12.6 Å². The zero-order valence-corrected chi connectivity index (χ0v) is 16.9. The Labute approximate surface area is 165 Å². The minimum absolute atomic E-state index is 0.0282. The maximum atomic E-state index is 11.9. The van der Waals surface area contributed by atoms with Gasteiger partial charge in [0.25, 0.3) is 0 Å². The van der Waals surface area contributed by atoms with Crippen molar-refractivity contribution in [3.63, 3.8) is 0 Å². The minimum atomic E-state index is -0.506. The van der Waals surface area contributed by atoms with E-state index < -0.39 is 6.29 Å². The lowest BCUT2D eigenvalue weighted by Crippen LogP contribution is -2.72. The van der Waals surface area contributed by atoms with E-state index in [0.29, 0.717) is 17.8 Å². The molecule has 2 aliphatic carbocycles. The number of hydrogen-bond donors (Lipinski definition) is 0. The first kappa shape index (κ1) is 17.7. The highest BCUT2D eigenvalue weighted by atomic mass is 16.7. The van der Waals surface area contributed by atoms with Crippen LogP contribution in [0.15, 0.2) is 12.3 Å². The maximum Gasteiger partial charge on any atom is 0.304 e. The van der Waals surface area contributed by atoms with Gasteiger partial charge in [-0.25, -0.2) is 0 Å². The average molecular weight is 390 g/mol. The number of carbonyl (C=O) groups excluding carboxylic acids is 1. The molecular weight excluding hydrogens is 360 g/mol. The zero-order valence-electron chi connectivity index (χ0n) is 16.9. The highest BCUT2D eigenvalue weighted by molar-refractivity contribution is 5.66. The lowest BCUT2D eigenvalue weighted by atomic mass is 9.41. The van der Waals surface area contributed by atoms with E-state index in [2.05, 4.69) is 19.9 Å². The Morgan fingerprint density at radius 2 is 2.07 bits per heavy atom. The van der Waals surface area contributed by atoms with Crippen molar-refractivity contribution in [3.8, 4) is 0 Å². The van der Waals surface area contributed by atoms with Crippen LogP contribution in [0.4, 0.5) is 0 Å². The summed E-state index contributed by atoms with van der Waals surface area (Å²) < 4.78 is 30.4. The predicted molar refractivity (Wildman–Crippen MR) is 97.8 cm³/mol. The first-order chi connectivity index (χ1) is 13.4. The van der Waals surface area contributed by atoms with Crippen molar-refractivity contribution in [2.75, 3.05) is 6.61 Å². The SMILES string of the molecule is CC(=O)OC1O[C@H]2C[C@@H]3[C@@](C)([C@@H]4C[C@H]5C=CO[C@H]5O4)[C@H](C)CC[C@]13[C@@]1(CO1)C2. The highest BCUT2D eigenvalue weighted by Crippen LogP contribution is 2.73. The Hall–Kier alpha value is -1.11. The summed E-state index contributed by atoms with van der Waals surface area (Å²) >= 11 is 0. The fourth-order valence-electron chi connectivity index (χ4n) is 7.55. The summed E-state index contributed by atoms with van der Waals surface area (Å²) in [6, 6.07) is 0. The van der Waals surface area contributed by atoms with Crippen molar-refractivity contribution in [2.24, 2.45) is 28.6 Å². The van der Waals surface area contributed by atoms with E-state index in [0.717, 1.165) is 38.7 Å². The monoisotopic (exact) mass is 390 g/mol. The van der Waals surface area contributed by atoms with E-state index in [1.165, 1.54) is 6.92 Å². The molecule has 5 aliphatic heterocycles. The lowest BCUT2D eigenvalue weighted by molar-refractivity contribution is -0.352. The second kappa shape index (κ2) is 5.52. The van der Waals surface area contributed by atoms with Gasteiger partial charge < -0.3 is 23.7 Å². The first-order valence-corrected chi connectivity index (χ1v) is 10.8. The van der Waals surface area contributed by atoms with Crippen molar-refractivity contribution in [1.29, 1.82) is 0 Å². The molecule has 0 radical (unpaired) electrons. The average Bonchev–Trinajstić information content (AvgIpc) is 3.08. The van der Waals surface area contributed by atoms with Gasteiger partial charge in [-0.15, -0.1) is 0 Å². The molecule has 0 amide bonds. The number of ether oxygens (including phenoxy) is 5. The molecule has 6 nitrogen and oxygen atoms in total. The maximum absolute atomic E-state index is 11.9. The summed E-state index contributed by atoms with van der Waals surface area (Å²) in [5.41, 5.74) is -0.489. The Morgan fingerprint density at radius 3 is 2.79 bits per heavy atom. The van der Waals surface area contributed by atoms with Crippen LogP contribution in [0, 0.1) is 28.6 Å². The second-order valence-corrected chi connectivity index (χ2v) is 10.2. The van der Waals surface area contributed by atoms with Crippen molar-refractivity contribution in [2.45, 2.75) is 83.3 Å². The molecular formula is C22H30O6. The Bertz CT molecular complexity index is 731. The summed E-state index contributed by atoms with van der Waals surface area (Å²) in [7, 11) is 0. The molecule has 2 spiro atoms. The van der Waals surface area contributed by atoms with Crippen molar-refractivity contribution < 1.29 is 28.5 Å². The van der Waals surface area contributed by atoms with Gasteiger partial charge >= 0.3 is 5.97 Å². The van der Waals surface area contributed by atoms with Crippen LogP contribution >= 0.6 is 0 Å². The number of rotatable bonds is 2. The van der Waals surface area contributed by atoms with Gasteiger partial charge in [0.05, 0.1) is 30.5 Å². The molecule has 0 aromatic heterocycles. The molecule has 1 unspecified atom stereocenters. The van der Waals surface area contributed by atoms with Crippen LogP contribution in [-0.4, -0.2) is 43.0 Å². The molecule has 0 N–H and O–H groups in total. The van der Waals surface area contributed by atoms with Gasteiger partial charge in [-0.1, -0.05) is 13.8 Å².